The molecule has 0 bridgehead atoms. The molecule has 102 valence electrons. The van der Waals surface area contributed by atoms with Gasteiger partial charge in [0.2, 0.25) is 5.91 Å². The van der Waals surface area contributed by atoms with Gasteiger partial charge in [-0.15, -0.1) is 0 Å². The van der Waals surface area contributed by atoms with E-state index in [2.05, 4.69) is 5.32 Å². The third kappa shape index (κ3) is 4.39. The molecule has 1 aliphatic carbocycles. The van der Waals surface area contributed by atoms with E-state index >= 15 is 0 Å². The van der Waals surface area contributed by atoms with Crippen LogP contribution in [0, 0.1) is 6.92 Å². The number of amides is 1. The van der Waals surface area contributed by atoms with Crippen LogP contribution in [0.4, 0.5) is 0 Å². The summed E-state index contributed by atoms with van der Waals surface area (Å²) in [7, 11) is 0. The highest BCUT2D eigenvalue weighted by Crippen LogP contribution is 2.18. The van der Waals surface area contributed by atoms with Crippen LogP contribution < -0.4 is 5.32 Å². The quantitative estimate of drug-likeness (QED) is 0.828. The fourth-order valence-electron chi connectivity index (χ4n) is 2.38. The summed E-state index contributed by atoms with van der Waals surface area (Å²) in [6.45, 7) is 1.96. The first kappa shape index (κ1) is 14.1. The molecule has 1 aliphatic rings. The summed E-state index contributed by atoms with van der Waals surface area (Å²) in [5, 5.41) is 3.79. The molecule has 0 spiro atoms. The zero-order valence-electron chi connectivity index (χ0n) is 11.3. The van der Waals surface area contributed by atoms with Gasteiger partial charge in [0, 0.05) is 17.1 Å². The van der Waals surface area contributed by atoms with E-state index in [1.54, 1.807) is 6.08 Å². The molecular formula is C16H20ClNO. The number of carbonyl (C=O) groups is 1. The topological polar surface area (TPSA) is 29.1 Å². The number of aryl methyl sites for hydroxylation is 1. The van der Waals surface area contributed by atoms with Gasteiger partial charge in [0.25, 0.3) is 0 Å². The zero-order chi connectivity index (χ0) is 13.7. The van der Waals surface area contributed by atoms with E-state index in [9.17, 15) is 4.79 Å². The van der Waals surface area contributed by atoms with Gasteiger partial charge in [-0.05, 0) is 43.0 Å². The molecule has 0 radical (unpaired) electrons. The Bertz CT molecular complexity index is 476. The summed E-state index contributed by atoms with van der Waals surface area (Å²) in [6, 6.07) is 6.15. The van der Waals surface area contributed by atoms with Crippen molar-refractivity contribution in [3.05, 3.63) is 40.4 Å². The van der Waals surface area contributed by atoms with E-state index in [4.69, 9.17) is 11.6 Å². The van der Waals surface area contributed by atoms with Crippen molar-refractivity contribution >= 4 is 23.6 Å². The zero-order valence-corrected chi connectivity index (χ0v) is 12.0. The Kier molecular flexibility index (Phi) is 5.03. The highest BCUT2D eigenvalue weighted by atomic mass is 35.5. The summed E-state index contributed by atoms with van der Waals surface area (Å²) in [6.07, 6.45) is 9.36. The van der Waals surface area contributed by atoms with Gasteiger partial charge in [-0.1, -0.05) is 43.0 Å². The van der Waals surface area contributed by atoms with Gasteiger partial charge in [0.05, 0.1) is 0 Å². The van der Waals surface area contributed by atoms with Crippen LogP contribution in [0.25, 0.3) is 6.08 Å². The van der Waals surface area contributed by atoms with E-state index in [1.807, 2.05) is 31.2 Å². The van der Waals surface area contributed by atoms with Crippen molar-refractivity contribution in [1.82, 2.24) is 5.32 Å². The van der Waals surface area contributed by atoms with Crippen LogP contribution in [-0.2, 0) is 4.79 Å². The summed E-state index contributed by atoms with van der Waals surface area (Å²) in [5.41, 5.74) is 2.00. The molecule has 19 heavy (non-hydrogen) atoms. The monoisotopic (exact) mass is 277 g/mol. The summed E-state index contributed by atoms with van der Waals surface area (Å²) in [4.78, 5) is 11.8. The molecule has 0 aromatic heterocycles. The van der Waals surface area contributed by atoms with Crippen LogP contribution in [0.15, 0.2) is 24.3 Å². The number of hydrogen-bond donors (Lipinski definition) is 1. The molecule has 2 rings (SSSR count). The molecule has 1 fully saturated rings. The molecule has 1 aromatic rings. The minimum absolute atomic E-state index is 0.0106. The van der Waals surface area contributed by atoms with Gasteiger partial charge in [-0.2, -0.15) is 0 Å². The highest BCUT2D eigenvalue weighted by Gasteiger charge is 2.13. The van der Waals surface area contributed by atoms with Crippen molar-refractivity contribution < 1.29 is 4.79 Å². The number of benzene rings is 1. The Morgan fingerprint density at radius 2 is 2.05 bits per heavy atom. The largest absolute Gasteiger partial charge is 0.350 e. The number of carbonyl (C=O) groups excluding carboxylic acids is 1. The lowest BCUT2D eigenvalue weighted by molar-refractivity contribution is -0.117. The second-order valence-corrected chi connectivity index (χ2v) is 5.59. The lowest BCUT2D eigenvalue weighted by atomic mass is 9.95. The SMILES string of the molecule is Cc1ccc(/C=C/C(=O)NC2CCCCC2)cc1Cl. The minimum atomic E-state index is -0.0106. The maximum absolute atomic E-state index is 11.8. The van der Waals surface area contributed by atoms with E-state index in [-0.39, 0.29) is 5.91 Å². The Labute approximate surface area is 119 Å². The van der Waals surface area contributed by atoms with E-state index in [0.29, 0.717) is 6.04 Å². The minimum Gasteiger partial charge on any atom is -0.350 e. The summed E-state index contributed by atoms with van der Waals surface area (Å²) in [5.74, 6) is -0.0106. The number of halogens is 1. The smallest absolute Gasteiger partial charge is 0.244 e. The molecule has 1 aromatic carbocycles. The normalized spacial score (nSPS) is 16.7. The average Bonchev–Trinajstić information content (AvgIpc) is 2.41. The van der Waals surface area contributed by atoms with Crippen molar-refractivity contribution in [2.75, 3.05) is 0 Å². The maximum atomic E-state index is 11.8. The second-order valence-electron chi connectivity index (χ2n) is 5.19. The first-order valence-electron chi connectivity index (χ1n) is 6.90. The Hall–Kier alpha value is -1.28. The Morgan fingerprint density at radius 3 is 2.74 bits per heavy atom. The summed E-state index contributed by atoms with van der Waals surface area (Å²) < 4.78 is 0. The summed E-state index contributed by atoms with van der Waals surface area (Å²) >= 11 is 6.05. The lowest BCUT2D eigenvalue weighted by Crippen LogP contribution is -2.34. The fraction of sp³-hybridized carbons (Fsp3) is 0.438. The van der Waals surface area contributed by atoms with Gasteiger partial charge < -0.3 is 5.32 Å². The van der Waals surface area contributed by atoms with Gasteiger partial charge in [-0.25, -0.2) is 0 Å². The van der Waals surface area contributed by atoms with Gasteiger partial charge in [0.1, 0.15) is 0 Å². The maximum Gasteiger partial charge on any atom is 0.244 e. The first-order valence-corrected chi connectivity index (χ1v) is 7.27. The van der Waals surface area contributed by atoms with Crippen LogP contribution in [0.2, 0.25) is 5.02 Å². The van der Waals surface area contributed by atoms with Crippen molar-refractivity contribution in [1.29, 1.82) is 0 Å². The van der Waals surface area contributed by atoms with Gasteiger partial charge >= 0.3 is 0 Å². The van der Waals surface area contributed by atoms with Crippen LogP contribution in [-0.4, -0.2) is 11.9 Å². The predicted molar refractivity (Wildman–Crippen MR) is 80.2 cm³/mol. The lowest BCUT2D eigenvalue weighted by Gasteiger charge is -2.21. The number of rotatable bonds is 3. The second kappa shape index (κ2) is 6.76. The molecule has 2 nitrogen and oxygen atoms in total. The van der Waals surface area contributed by atoms with Crippen molar-refractivity contribution in [3.63, 3.8) is 0 Å². The molecule has 3 heteroatoms. The van der Waals surface area contributed by atoms with Crippen molar-refractivity contribution in [2.45, 2.75) is 45.1 Å². The third-order valence-electron chi connectivity index (χ3n) is 3.57. The van der Waals surface area contributed by atoms with Crippen molar-refractivity contribution in [2.24, 2.45) is 0 Å². The van der Waals surface area contributed by atoms with E-state index in [0.717, 1.165) is 29.0 Å². The molecule has 1 saturated carbocycles. The molecule has 1 amide bonds. The van der Waals surface area contributed by atoms with E-state index < -0.39 is 0 Å². The number of nitrogens with one attached hydrogen (secondary N) is 1. The van der Waals surface area contributed by atoms with Gasteiger partial charge in [0.15, 0.2) is 0 Å². The number of hydrogen-bond acceptors (Lipinski definition) is 1. The first-order chi connectivity index (χ1) is 9.15. The molecule has 0 aliphatic heterocycles. The van der Waals surface area contributed by atoms with Crippen LogP contribution in [0.5, 0.6) is 0 Å². The molecule has 0 saturated heterocycles. The standard InChI is InChI=1S/C16H20ClNO/c1-12-7-8-13(11-15(12)17)9-10-16(19)18-14-5-3-2-4-6-14/h7-11,14H,2-6H2,1H3,(H,18,19)/b10-9+. The molecule has 0 atom stereocenters. The van der Waals surface area contributed by atoms with Crippen LogP contribution in [0.1, 0.15) is 43.2 Å². The predicted octanol–water partition coefficient (Wildman–Crippen LogP) is 4.11. The Balaban J connectivity index is 1.90. The molecule has 1 N–H and O–H groups in total. The van der Waals surface area contributed by atoms with Gasteiger partial charge in [-0.3, -0.25) is 4.79 Å². The average molecular weight is 278 g/mol. The highest BCUT2D eigenvalue weighted by molar-refractivity contribution is 6.31. The fourth-order valence-corrected chi connectivity index (χ4v) is 2.57. The molecule has 0 heterocycles. The van der Waals surface area contributed by atoms with E-state index in [1.165, 1.54) is 19.3 Å². The third-order valence-corrected chi connectivity index (χ3v) is 3.98. The Morgan fingerprint density at radius 1 is 1.32 bits per heavy atom. The van der Waals surface area contributed by atoms with Crippen molar-refractivity contribution in [3.8, 4) is 0 Å². The molecule has 0 unspecified atom stereocenters. The molecular weight excluding hydrogens is 258 g/mol. The van der Waals surface area contributed by atoms with Crippen LogP contribution in [0.3, 0.4) is 0 Å². The van der Waals surface area contributed by atoms with Crippen LogP contribution >= 0.6 is 11.6 Å².